The highest BCUT2D eigenvalue weighted by molar-refractivity contribution is 5.76. The SMILES string of the molecule is CCN1CCC[C@@H](NC(=O)Cn2nc(C(C)C)c(-c3cc(F)cc(C4CC4)c3)cc2=O)C1. The second-order valence-electron chi connectivity index (χ2n) is 9.44. The number of piperidine rings is 1. The molecule has 1 amide bonds. The van der Waals surface area contributed by atoms with Crippen LogP contribution in [-0.4, -0.2) is 46.3 Å². The molecule has 4 rings (SSSR count). The molecule has 0 radical (unpaired) electrons. The van der Waals surface area contributed by atoms with Crippen LogP contribution in [0.2, 0.25) is 0 Å². The fourth-order valence-corrected chi connectivity index (χ4v) is 4.57. The number of benzene rings is 1. The van der Waals surface area contributed by atoms with Gasteiger partial charge in [-0.15, -0.1) is 0 Å². The highest BCUT2D eigenvalue weighted by atomic mass is 19.1. The Morgan fingerprint density at radius 2 is 2.00 bits per heavy atom. The first-order chi connectivity index (χ1) is 15.3. The van der Waals surface area contributed by atoms with E-state index < -0.39 is 0 Å². The molecule has 1 aliphatic heterocycles. The van der Waals surface area contributed by atoms with E-state index >= 15 is 0 Å². The van der Waals surface area contributed by atoms with Crippen LogP contribution in [0.25, 0.3) is 11.1 Å². The van der Waals surface area contributed by atoms with Gasteiger partial charge in [-0.3, -0.25) is 9.59 Å². The van der Waals surface area contributed by atoms with Crippen LogP contribution in [0.15, 0.2) is 29.1 Å². The molecule has 1 saturated heterocycles. The summed E-state index contributed by atoms with van der Waals surface area (Å²) in [7, 11) is 0. The maximum absolute atomic E-state index is 14.3. The minimum atomic E-state index is -0.351. The zero-order chi connectivity index (χ0) is 22.8. The van der Waals surface area contributed by atoms with Crippen LogP contribution in [-0.2, 0) is 11.3 Å². The van der Waals surface area contributed by atoms with Gasteiger partial charge in [0.1, 0.15) is 12.4 Å². The fraction of sp³-hybridized carbons (Fsp3) is 0.560. The molecular weight excluding hydrogens is 407 g/mol. The van der Waals surface area contributed by atoms with Crippen LogP contribution >= 0.6 is 0 Å². The molecule has 2 fully saturated rings. The lowest BCUT2D eigenvalue weighted by atomic mass is 9.96. The van der Waals surface area contributed by atoms with E-state index in [1.54, 1.807) is 6.07 Å². The minimum Gasteiger partial charge on any atom is -0.350 e. The van der Waals surface area contributed by atoms with E-state index in [-0.39, 0.29) is 35.8 Å². The normalized spacial score (nSPS) is 19.3. The molecule has 1 saturated carbocycles. The van der Waals surface area contributed by atoms with Crippen molar-refractivity contribution in [2.75, 3.05) is 19.6 Å². The van der Waals surface area contributed by atoms with Gasteiger partial charge < -0.3 is 10.2 Å². The van der Waals surface area contributed by atoms with E-state index in [1.165, 1.54) is 16.8 Å². The Morgan fingerprint density at radius 3 is 2.69 bits per heavy atom. The standard InChI is InChI=1S/C25H33FN4O2/c1-4-29-9-5-6-21(14-29)27-23(31)15-30-24(32)13-22(25(28-30)16(2)3)19-10-18(17-7-8-17)11-20(26)12-19/h10-13,16-17,21H,4-9,14-15H2,1-3H3,(H,27,31)/t21-/m1/s1. The van der Waals surface area contributed by atoms with Crippen molar-refractivity contribution in [2.45, 2.75) is 70.9 Å². The summed E-state index contributed by atoms with van der Waals surface area (Å²) in [6.45, 7) is 8.85. The molecule has 6 nitrogen and oxygen atoms in total. The van der Waals surface area contributed by atoms with Crippen LogP contribution in [0.3, 0.4) is 0 Å². The summed E-state index contributed by atoms with van der Waals surface area (Å²) >= 11 is 0. The molecule has 1 aromatic heterocycles. The van der Waals surface area contributed by atoms with Crippen molar-refractivity contribution in [1.29, 1.82) is 0 Å². The average molecular weight is 441 g/mol. The number of likely N-dealkylation sites (tertiary alicyclic amines) is 1. The summed E-state index contributed by atoms with van der Waals surface area (Å²) in [5.41, 5.74) is 2.65. The van der Waals surface area contributed by atoms with Gasteiger partial charge in [0, 0.05) is 24.2 Å². The highest BCUT2D eigenvalue weighted by Crippen LogP contribution is 2.42. The number of hydrogen-bond donors (Lipinski definition) is 1. The Balaban J connectivity index is 1.57. The van der Waals surface area contributed by atoms with E-state index in [1.807, 2.05) is 19.9 Å². The molecule has 1 N–H and O–H groups in total. The first kappa shape index (κ1) is 22.6. The van der Waals surface area contributed by atoms with Crippen molar-refractivity contribution in [2.24, 2.45) is 0 Å². The third kappa shape index (κ3) is 5.26. The number of hydrogen-bond acceptors (Lipinski definition) is 4. The lowest BCUT2D eigenvalue weighted by molar-refractivity contribution is -0.123. The Labute approximate surface area is 188 Å². The first-order valence-electron chi connectivity index (χ1n) is 11.8. The number of amides is 1. The molecule has 1 atom stereocenters. The fourth-order valence-electron chi connectivity index (χ4n) is 4.57. The third-order valence-electron chi connectivity index (χ3n) is 6.46. The molecule has 0 bridgehead atoms. The van der Waals surface area contributed by atoms with Gasteiger partial charge >= 0.3 is 0 Å². The number of carbonyl (C=O) groups excluding carboxylic acids is 1. The zero-order valence-electron chi connectivity index (χ0n) is 19.2. The number of likely N-dealkylation sites (N-methyl/N-ethyl adjacent to an activating group) is 1. The van der Waals surface area contributed by atoms with E-state index in [9.17, 15) is 14.0 Å². The van der Waals surface area contributed by atoms with Gasteiger partial charge in [0.15, 0.2) is 0 Å². The van der Waals surface area contributed by atoms with Gasteiger partial charge in [-0.25, -0.2) is 9.07 Å². The molecule has 7 heteroatoms. The molecule has 1 aliphatic carbocycles. The monoisotopic (exact) mass is 440 g/mol. The van der Waals surface area contributed by atoms with Gasteiger partial charge in [-0.05, 0) is 73.9 Å². The van der Waals surface area contributed by atoms with Gasteiger partial charge in [-0.1, -0.05) is 26.8 Å². The van der Waals surface area contributed by atoms with E-state index in [2.05, 4.69) is 22.2 Å². The van der Waals surface area contributed by atoms with Crippen molar-refractivity contribution >= 4 is 5.91 Å². The van der Waals surface area contributed by atoms with Gasteiger partial charge in [-0.2, -0.15) is 5.10 Å². The second-order valence-corrected chi connectivity index (χ2v) is 9.44. The predicted molar refractivity (Wildman–Crippen MR) is 123 cm³/mol. The number of carbonyl (C=O) groups is 1. The predicted octanol–water partition coefficient (Wildman–Crippen LogP) is 3.65. The summed E-state index contributed by atoms with van der Waals surface area (Å²) in [6.07, 6.45) is 4.15. The lowest BCUT2D eigenvalue weighted by Crippen LogP contribution is -2.48. The molecule has 32 heavy (non-hydrogen) atoms. The molecule has 2 aliphatic rings. The van der Waals surface area contributed by atoms with Crippen LogP contribution < -0.4 is 10.9 Å². The lowest BCUT2D eigenvalue weighted by Gasteiger charge is -2.32. The van der Waals surface area contributed by atoms with Crippen molar-refractivity contribution < 1.29 is 9.18 Å². The van der Waals surface area contributed by atoms with Crippen LogP contribution in [0.4, 0.5) is 4.39 Å². The maximum atomic E-state index is 14.3. The summed E-state index contributed by atoms with van der Waals surface area (Å²) < 4.78 is 15.5. The Kier molecular flexibility index (Phi) is 6.74. The summed E-state index contributed by atoms with van der Waals surface area (Å²) in [4.78, 5) is 27.8. The van der Waals surface area contributed by atoms with Gasteiger partial charge in [0.2, 0.25) is 5.91 Å². The zero-order valence-corrected chi connectivity index (χ0v) is 19.2. The summed E-state index contributed by atoms with van der Waals surface area (Å²) in [5.74, 6) is -0.0699. The molecule has 2 heterocycles. The minimum absolute atomic E-state index is 0.0176. The first-order valence-corrected chi connectivity index (χ1v) is 11.8. The van der Waals surface area contributed by atoms with E-state index in [0.29, 0.717) is 22.7 Å². The number of nitrogens with zero attached hydrogens (tertiary/aromatic N) is 3. The number of nitrogens with one attached hydrogen (secondary N) is 1. The molecule has 0 unspecified atom stereocenters. The summed E-state index contributed by atoms with van der Waals surface area (Å²) in [6, 6.07) is 6.63. The summed E-state index contributed by atoms with van der Waals surface area (Å²) in [5, 5.41) is 7.60. The number of rotatable bonds is 7. The number of halogens is 1. The Morgan fingerprint density at radius 1 is 1.22 bits per heavy atom. The van der Waals surface area contributed by atoms with Crippen molar-refractivity contribution in [1.82, 2.24) is 20.0 Å². The van der Waals surface area contributed by atoms with Crippen molar-refractivity contribution in [3.63, 3.8) is 0 Å². The second kappa shape index (κ2) is 9.53. The third-order valence-corrected chi connectivity index (χ3v) is 6.46. The quantitative estimate of drug-likeness (QED) is 0.714. The molecular formula is C25H33FN4O2. The van der Waals surface area contributed by atoms with Crippen molar-refractivity contribution in [3.05, 3.63) is 51.7 Å². The Bertz CT molecular complexity index is 1040. The Hall–Kier alpha value is -2.54. The van der Waals surface area contributed by atoms with Gasteiger partial charge in [0.25, 0.3) is 5.56 Å². The van der Waals surface area contributed by atoms with Crippen LogP contribution in [0.5, 0.6) is 0 Å². The average Bonchev–Trinajstić information content (AvgIpc) is 3.60. The molecule has 2 aromatic rings. The molecule has 0 spiro atoms. The van der Waals surface area contributed by atoms with Crippen molar-refractivity contribution in [3.8, 4) is 11.1 Å². The smallest absolute Gasteiger partial charge is 0.267 e. The largest absolute Gasteiger partial charge is 0.350 e. The van der Waals surface area contributed by atoms with Gasteiger partial charge in [0.05, 0.1) is 5.69 Å². The van der Waals surface area contributed by atoms with E-state index in [4.69, 9.17) is 0 Å². The number of aromatic nitrogens is 2. The van der Waals surface area contributed by atoms with Crippen LogP contribution in [0.1, 0.15) is 69.5 Å². The topological polar surface area (TPSA) is 67.2 Å². The van der Waals surface area contributed by atoms with Crippen LogP contribution in [0, 0.1) is 5.82 Å². The highest BCUT2D eigenvalue weighted by Gasteiger charge is 2.26. The molecule has 172 valence electrons. The molecule has 1 aromatic carbocycles. The van der Waals surface area contributed by atoms with E-state index in [0.717, 1.165) is 50.9 Å². The maximum Gasteiger partial charge on any atom is 0.267 e.